The molecule has 7 nitrogen and oxygen atoms in total. The highest BCUT2D eigenvalue weighted by Crippen LogP contribution is 2.31. The van der Waals surface area contributed by atoms with Gasteiger partial charge in [-0.3, -0.25) is 14.4 Å². The molecule has 3 amide bonds. The van der Waals surface area contributed by atoms with Crippen molar-refractivity contribution in [2.24, 2.45) is 5.92 Å². The Bertz CT molecular complexity index is 1170. The smallest absolute Gasteiger partial charge is 0.251 e. The topological polar surface area (TPSA) is 99.3 Å². The zero-order valence-electron chi connectivity index (χ0n) is 19.1. The summed E-state index contributed by atoms with van der Waals surface area (Å²) in [5, 5.41) is 11.8. The normalized spacial score (nSPS) is 12.5. The quantitative estimate of drug-likeness (QED) is 0.385. The molecule has 1 fully saturated rings. The maximum atomic E-state index is 12.4. The molecule has 0 aliphatic heterocycles. The molecular formula is C27H28N4O3. The molecule has 1 saturated carbocycles. The largest absolute Gasteiger partial charge is 0.376 e. The summed E-state index contributed by atoms with van der Waals surface area (Å²) in [4.78, 5) is 36.8. The number of carbonyl (C=O) groups is 3. The first-order valence-corrected chi connectivity index (χ1v) is 11.4. The summed E-state index contributed by atoms with van der Waals surface area (Å²) in [6.45, 7) is 2.43. The van der Waals surface area contributed by atoms with Crippen molar-refractivity contribution in [3.63, 3.8) is 0 Å². The molecule has 7 heteroatoms. The monoisotopic (exact) mass is 456 g/mol. The van der Waals surface area contributed by atoms with Gasteiger partial charge in [-0.25, -0.2) is 0 Å². The molecule has 0 unspecified atom stereocenters. The van der Waals surface area contributed by atoms with E-state index in [1.54, 1.807) is 24.3 Å². The van der Waals surface area contributed by atoms with Gasteiger partial charge in [0.05, 0.1) is 6.54 Å². The first-order chi connectivity index (χ1) is 16.5. The Hall–Kier alpha value is -4.13. The highest BCUT2D eigenvalue weighted by molar-refractivity contribution is 5.97. The third-order valence-corrected chi connectivity index (χ3v) is 5.71. The molecule has 34 heavy (non-hydrogen) atoms. The van der Waals surface area contributed by atoms with Gasteiger partial charge in [-0.2, -0.15) is 0 Å². The third-order valence-electron chi connectivity index (χ3n) is 5.71. The Morgan fingerprint density at radius 3 is 2.24 bits per heavy atom. The second-order valence-corrected chi connectivity index (χ2v) is 8.39. The number of nitrogens with one attached hydrogen (secondary N) is 4. The van der Waals surface area contributed by atoms with Crippen molar-refractivity contribution in [3.05, 3.63) is 89.5 Å². The van der Waals surface area contributed by atoms with Gasteiger partial charge in [0.15, 0.2) is 0 Å². The fourth-order valence-corrected chi connectivity index (χ4v) is 3.51. The summed E-state index contributed by atoms with van der Waals surface area (Å²) in [5.74, 6) is -0.209. The Morgan fingerprint density at radius 1 is 0.824 bits per heavy atom. The lowest BCUT2D eigenvalue weighted by atomic mass is 10.1. The van der Waals surface area contributed by atoms with Crippen LogP contribution in [0.4, 0.5) is 17.1 Å². The third kappa shape index (κ3) is 6.22. The van der Waals surface area contributed by atoms with E-state index in [1.165, 1.54) is 0 Å². The summed E-state index contributed by atoms with van der Waals surface area (Å²) in [6, 6.07) is 22.0. The van der Waals surface area contributed by atoms with Crippen LogP contribution in [0.25, 0.3) is 0 Å². The van der Waals surface area contributed by atoms with Crippen LogP contribution in [0, 0.1) is 12.8 Å². The zero-order chi connectivity index (χ0) is 23.9. The first kappa shape index (κ1) is 23.0. The average Bonchev–Trinajstić information content (AvgIpc) is 3.70. The van der Waals surface area contributed by atoms with E-state index < -0.39 is 0 Å². The van der Waals surface area contributed by atoms with Crippen molar-refractivity contribution in [2.45, 2.75) is 26.3 Å². The predicted molar refractivity (Wildman–Crippen MR) is 134 cm³/mol. The van der Waals surface area contributed by atoms with Crippen LogP contribution in [0.15, 0.2) is 72.8 Å². The molecule has 0 aromatic heterocycles. The fourth-order valence-electron chi connectivity index (χ4n) is 3.51. The lowest BCUT2D eigenvalue weighted by Crippen LogP contribution is -2.23. The van der Waals surface area contributed by atoms with Gasteiger partial charge in [0.1, 0.15) is 0 Å². The van der Waals surface area contributed by atoms with Crippen molar-refractivity contribution in [3.8, 4) is 0 Å². The standard InChI is InChI=1S/C27H28N4O3/c1-18-23(8-5-9-24(18)31-27(34)21-10-11-21)28-17-25(32)30-22-14-12-20(13-15-22)26(33)29-16-19-6-3-2-4-7-19/h2-9,12-15,21,28H,10-11,16-17H2,1H3,(H,29,33)(H,30,32)(H,31,34). The molecule has 0 bridgehead atoms. The zero-order valence-corrected chi connectivity index (χ0v) is 19.1. The maximum Gasteiger partial charge on any atom is 0.251 e. The Kier molecular flexibility index (Phi) is 7.22. The number of hydrogen-bond donors (Lipinski definition) is 4. The molecular weight excluding hydrogens is 428 g/mol. The van der Waals surface area contributed by atoms with Crippen LogP contribution < -0.4 is 21.3 Å². The minimum absolute atomic E-state index is 0.0511. The van der Waals surface area contributed by atoms with E-state index in [0.717, 1.165) is 35.3 Å². The SMILES string of the molecule is Cc1c(NCC(=O)Nc2ccc(C(=O)NCc3ccccc3)cc2)cccc1NC(=O)C1CC1. The van der Waals surface area contributed by atoms with Crippen LogP contribution in [-0.4, -0.2) is 24.3 Å². The Labute approximate surface area is 199 Å². The molecule has 3 aromatic rings. The second-order valence-electron chi connectivity index (χ2n) is 8.39. The number of carbonyl (C=O) groups excluding carboxylic acids is 3. The van der Waals surface area contributed by atoms with Crippen molar-refractivity contribution in [1.82, 2.24) is 5.32 Å². The van der Waals surface area contributed by atoms with E-state index in [0.29, 0.717) is 17.8 Å². The van der Waals surface area contributed by atoms with Crippen molar-refractivity contribution in [1.29, 1.82) is 0 Å². The maximum absolute atomic E-state index is 12.4. The van der Waals surface area contributed by atoms with Crippen LogP contribution in [0.1, 0.15) is 34.3 Å². The minimum atomic E-state index is -0.215. The van der Waals surface area contributed by atoms with E-state index in [2.05, 4.69) is 21.3 Å². The summed E-state index contributed by atoms with van der Waals surface area (Å²) in [5.41, 5.74) is 4.58. The van der Waals surface area contributed by atoms with E-state index in [1.807, 2.05) is 55.5 Å². The first-order valence-electron chi connectivity index (χ1n) is 11.4. The van der Waals surface area contributed by atoms with Crippen LogP contribution in [0.5, 0.6) is 0 Å². The van der Waals surface area contributed by atoms with Gasteiger partial charge in [-0.15, -0.1) is 0 Å². The summed E-state index contributed by atoms with van der Waals surface area (Å²) >= 11 is 0. The molecule has 0 spiro atoms. The second kappa shape index (κ2) is 10.7. The van der Waals surface area contributed by atoms with Gasteiger partial charge in [-0.1, -0.05) is 36.4 Å². The van der Waals surface area contributed by atoms with E-state index in [-0.39, 0.29) is 30.2 Å². The number of amides is 3. The fraction of sp³-hybridized carbons (Fsp3) is 0.222. The van der Waals surface area contributed by atoms with E-state index >= 15 is 0 Å². The van der Waals surface area contributed by atoms with Crippen molar-refractivity contribution < 1.29 is 14.4 Å². The molecule has 1 aliphatic rings. The summed E-state index contributed by atoms with van der Waals surface area (Å²) < 4.78 is 0. The molecule has 0 heterocycles. The highest BCUT2D eigenvalue weighted by atomic mass is 16.2. The molecule has 0 radical (unpaired) electrons. The van der Waals surface area contributed by atoms with Crippen molar-refractivity contribution in [2.75, 3.05) is 22.5 Å². The Morgan fingerprint density at radius 2 is 1.53 bits per heavy atom. The van der Waals surface area contributed by atoms with Crippen LogP contribution in [-0.2, 0) is 16.1 Å². The van der Waals surface area contributed by atoms with E-state index in [4.69, 9.17) is 0 Å². The molecule has 4 rings (SSSR count). The molecule has 174 valence electrons. The highest BCUT2D eigenvalue weighted by Gasteiger charge is 2.29. The molecule has 4 N–H and O–H groups in total. The number of benzene rings is 3. The minimum Gasteiger partial charge on any atom is -0.376 e. The van der Waals surface area contributed by atoms with Crippen molar-refractivity contribution >= 4 is 34.8 Å². The van der Waals surface area contributed by atoms with Gasteiger partial charge in [0.2, 0.25) is 11.8 Å². The van der Waals surface area contributed by atoms with Gasteiger partial charge in [0, 0.05) is 35.1 Å². The molecule has 0 atom stereocenters. The summed E-state index contributed by atoms with van der Waals surface area (Å²) in [7, 11) is 0. The average molecular weight is 457 g/mol. The van der Waals surface area contributed by atoms with Crippen LogP contribution in [0.2, 0.25) is 0 Å². The predicted octanol–water partition coefficient (Wildman–Crippen LogP) is 4.32. The lowest BCUT2D eigenvalue weighted by Gasteiger charge is -2.14. The molecule has 0 saturated heterocycles. The number of anilines is 3. The number of hydrogen-bond acceptors (Lipinski definition) is 4. The van der Waals surface area contributed by atoms with E-state index in [9.17, 15) is 14.4 Å². The summed E-state index contributed by atoms with van der Waals surface area (Å²) in [6.07, 6.45) is 1.89. The Balaban J connectivity index is 1.26. The molecule has 1 aliphatic carbocycles. The van der Waals surface area contributed by atoms with Crippen LogP contribution >= 0.6 is 0 Å². The van der Waals surface area contributed by atoms with Crippen LogP contribution in [0.3, 0.4) is 0 Å². The lowest BCUT2D eigenvalue weighted by molar-refractivity contribution is -0.117. The number of rotatable bonds is 9. The van der Waals surface area contributed by atoms with Gasteiger partial charge in [-0.05, 0) is 67.3 Å². The molecule has 3 aromatic carbocycles. The van der Waals surface area contributed by atoms with Gasteiger partial charge < -0.3 is 21.3 Å². The van der Waals surface area contributed by atoms with Gasteiger partial charge >= 0.3 is 0 Å². The van der Waals surface area contributed by atoms with Gasteiger partial charge in [0.25, 0.3) is 5.91 Å².